The van der Waals surface area contributed by atoms with Gasteiger partial charge in [0, 0.05) is 11.4 Å². The highest BCUT2D eigenvalue weighted by Crippen LogP contribution is 2.27. The van der Waals surface area contributed by atoms with Crippen LogP contribution in [0.5, 0.6) is 5.75 Å². The molecule has 0 saturated heterocycles. The zero-order chi connectivity index (χ0) is 21.1. The molecule has 1 aromatic heterocycles. The van der Waals surface area contributed by atoms with Crippen LogP contribution in [0.25, 0.3) is 27.8 Å². The zero-order valence-corrected chi connectivity index (χ0v) is 17.1. The van der Waals surface area contributed by atoms with Crippen molar-refractivity contribution in [2.75, 3.05) is 24.2 Å². The van der Waals surface area contributed by atoms with Gasteiger partial charge < -0.3 is 9.84 Å². The number of hydrogen-bond acceptors (Lipinski definition) is 5. The van der Waals surface area contributed by atoms with Gasteiger partial charge in [0.15, 0.2) is 0 Å². The fourth-order valence-corrected chi connectivity index (χ4v) is 3.77. The summed E-state index contributed by atoms with van der Waals surface area (Å²) in [5.41, 5.74) is 5.27. The molecule has 0 amide bonds. The van der Waals surface area contributed by atoms with Crippen molar-refractivity contribution in [2.45, 2.75) is 0 Å². The van der Waals surface area contributed by atoms with Gasteiger partial charge in [0.05, 0.1) is 23.9 Å². The van der Waals surface area contributed by atoms with Crippen molar-refractivity contribution in [3.05, 3.63) is 73.1 Å². The maximum Gasteiger partial charge on any atom is 0.229 e. The van der Waals surface area contributed by atoms with E-state index < -0.39 is 10.0 Å². The summed E-state index contributed by atoms with van der Waals surface area (Å²) < 4.78 is 32.6. The average Bonchev–Trinajstić information content (AvgIpc) is 3.15. The molecule has 154 valence electrons. The molecule has 0 saturated carbocycles. The number of ether oxygens (including phenoxy) is 1. The Morgan fingerprint density at radius 3 is 2.37 bits per heavy atom. The molecule has 0 radical (unpaired) electrons. The first-order valence-electron chi connectivity index (χ1n) is 9.32. The number of aliphatic hydroxyl groups is 1. The fourth-order valence-electron chi connectivity index (χ4n) is 3.21. The normalized spacial score (nSPS) is 11.5. The first-order valence-corrected chi connectivity index (χ1v) is 11.2. The molecule has 0 aliphatic carbocycles. The predicted molar refractivity (Wildman–Crippen MR) is 118 cm³/mol. The minimum atomic E-state index is -3.30. The Morgan fingerprint density at radius 2 is 1.70 bits per heavy atom. The number of anilines is 1. The van der Waals surface area contributed by atoms with Gasteiger partial charge in [-0.2, -0.15) is 0 Å². The summed E-state index contributed by atoms with van der Waals surface area (Å²) in [4.78, 5) is 4.53. The molecule has 30 heavy (non-hydrogen) atoms. The third kappa shape index (κ3) is 4.45. The lowest BCUT2D eigenvalue weighted by atomic mass is 10.0. The molecule has 8 heteroatoms. The minimum Gasteiger partial charge on any atom is -0.491 e. The van der Waals surface area contributed by atoms with Crippen molar-refractivity contribution in [3.8, 4) is 22.6 Å². The molecule has 0 fully saturated rings. The first kappa shape index (κ1) is 19.9. The van der Waals surface area contributed by atoms with E-state index in [4.69, 9.17) is 9.84 Å². The van der Waals surface area contributed by atoms with Crippen molar-refractivity contribution in [1.29, 1.82) is 0 Å². The molecular formula is C22H21N3O4S. The lowest BCUT2D eigenvalue weighted by Gasteiger charge is -2.08. The number of rotatable bonds is 7. The van der Waals surface area contributed by atoms with E-state index in [2.05, 4.69) is 9.71 Å². The van der Waals surface area contributed by atoms with E-state index in [9.17, 15) is 8.42 Å². The molecule has 0 spiro atoms. The van der Waals surface area contributed by atoms with Gasteiger partial charge in [0.1, 0.15) is 18.7 Å². The Kier molecular flexibility index (Phi) is 5.43. The number of aromatic nitrogens is 2. The van der Waals surface area contributed by atoms with Crippen LogP contribution < -0.4 is 9.46 Å². The van der Waals surface area contributed by atoms with Gasteiger partial charge in [-0.05, 0) is 59.7 Å². The van der Waals surface area contributed by atoms with Crippen LogP contribution in [0, 0.1) is 0 Å². The van der Waals surface area contributed by atoms with Gasteiger partial charge in [-0.3, -0.25) is 9.29 Å². The molecule has 4 aromatic rings. The van der Waals surface area contributed by atoms with E-state index in [0.717, 1.165) is 34.1 Å². The van der Waals surface area contributed by atoms with Crippen LogP contribution >= 0.6 is 0 Å². The van der Waals surface area contributed by atoms with Crippen molar-refractivity contribution in [2.24, 2.45) is 0 Å². The van der Waals surface area contributed by atoms with Crippen LogP contribution in [0.2, 0.25) is 0 Å². The summed E-state index contributed by atoms with van der Waals surface area (Å²) in [6.45, 7) is 0.245. The number of nitrogens with one attached hydrogen (secondary N) is 1. The number of aliphatic hydroxyl groups excluding tert-OH is 1. The Morgan fingerprint density at radius 1 is 1.00 bits per heavy atom. The van der Waals surface area contributed by atoms with Crippen molar-refractivity contribution < 1.29 is 18.3 Å². The van der Waals surface area contributed by atoms with E-state index in [1.807, 2.05) is 59.2 Å². The third-order valence-corrected chi connectivity index (χ3v) is 5.15. The van der Waals surface area contributed by atoms with Gasteiger partial charge in [-0.15, -0.1) is 0 Å². The van der Waals surface area contributed by atoms with Crippen LogP contribution in [0.4, 0.5) is 5.69 Å². The van der Waals surface area contributed by atoms with Gasteiger partial charge in [0.2, 0.25) is 10.0 Å². The highest BCUT2D eigenvalue weighted by atomic mass is 32.2. The van der Waals surface area contributed by atoms with E-state index in [-0.39, 0.29) is 13.2 Å². The second kappa shape index (κ2) is 8.17. The summed E-state index contributed by atoms with van der Waals surface area (Å²) in [6.07, 6.45) is 2.90. The summed E-state index contributed by atoms with van der Waals surface area (Å²) in [5, 5.41) is 8.85. The quantitative estimate of drug-likeness (QED) is 0.475. The number of nitrogens with zero attached hydrogens (tertiary/aromatic N) is 2. The van der Waals surface area contributed by atoms with Crippen LogP contribution in [0.15, 0.2) is 73.1 Å². The Balaban J connectivity index is 1.59. The highest BCUT2D eigenvalue weighted by molar-refractivity contribution is 7.92. The summed E-state index contributed by atoms with van der Waals surface area (Å²) in [5.74, 6) is 0.702. The lowest BCUT2D eigenvalue weighted by Crippen LogP contribution is -2.09. The maximum atomic E-state index is 11.3. The summed E-state index contributed by atoms with van der Waals surface area (Å²) in [6, 6.07) is 20.8. The Labute approximate surface area is 174 Å². The van der Waals surface area contributed by atoms with E-state index in [1.165, 1.54) is 0 Å². The highest BCUT2D eigenvalue weighted by Gasteiger charge is 2.08. The maximum absolute atomic E-state index is 11.3. The SMILES string of the molecule is CS(=O)(=O)Nc1ccc(-c2ccc3c(c2)ncn3-c2ccc(OCCO)cc2)cc1. The van der Waals surface area contributed by atoms with Gasteiger partial charge in [0.25, 0.3) is 0 Å². The van der Waals surface area contributed by atoms with E-state index in [1.54, 1.807) is 18.5 Å². The smallest absolute Gasteiger partial charge is 0.229 e. The molecule has 7 nitrogen and oxygen atoms in total. The Bertz CT molecular complexity index is 1260. The molecule has 3 aromatic carbocycles. The number of benzene rings is 3. The van der Waals surface area contributed by atoms with Crippen LogP contribution in [-0.2, 0) is 10.0 Å². The van der Waals surface area contributed by atoms with Crippen molar-refractivity contribution in [3.63, 3.8) is 0 Å². The molecule has 0 bridgehead atoms. The topological polar surface area (TPSA) is 93.5 Å². The molecule has 0 unspecified atom stereocenters. The second-order valence-corrected chi connectivity index (χ2v) is 8.58. The summed E-state index contributed by atoms with van der Waals surface area (Å²) in [7, 11) is -3.30. The summed E-state index contributed by atoms with van der Waals surface area (Å²) >= 11 is 0. The minimum absolute atomic E-state index is 0.0206. The molecular weight excluding hydrogens is 402 g/mol. The molecule has 1 heterocycles. The monoisotopic (exact) mass is 423 g/mol. The number of fused-ring (bicyclic) bond motifs is 1. The van der Waals surface area contributed by atoms with Crippen LogP contribution in [-0.4, -0.2) is 42.5 Å². The van der Waals surface area contributed by atoms with Gasteiger partial charge in [-0.25, -0.2) is 13.4 Å². The third-order valence-electron chi connectivity index (χ3n) is 4.54. The van der Waals surface area contributed by atoms with Crippen molar-refractivity contribution >= 4 is 26.7 Å². The largest absolute Gasteiger partial charge is 0.491 e. The van der Waals surface area contributed by atoms with Gasteiger partial charge >= 0.3 is 0 Å². The van der Waals surface area contributed by atoms with Gasteiger partial charge in [-0.1, -0.05) is 18.2 Å². The van der Waals surface area contributed by atoms with Crippen LogP contribution in [0.1, 0.15) is 0 Å². The molecule has 0 atom stereocenters. The first-order chi connectivity index (χ1) is 14.4. The molecule has 2 N–H and O–H groups in total. The molecule has 4 rings (SSSR count). The fraction of sp³-hybridized carbons (Fsp3) is 0.136. The number of sulfonamides is 1. The number of hydrogen-bond donors (Lipinski definition) is 2. The standard InChI is InChI=1S/C22H21N3O4S/c1-30(27,28)24-18-5-2-16(3-6-18)17-4-11-22-21(14-17)23-15-25(22)19-7-9-20(10-8-19)29-13-12-26/h2-11,14-15,24,26H,12-13H2,1H3. The van der Waals surface area contributed by atoms with E-state index in [0.29, 0.717) is 11.4 Å². The molecule has 0 aliphatic rings. The average molecular weight is 423 g/mol. The predicted octanol–water partition coefficient (Wildman–Crippen LogP) is 3.44. The van der Waals surface area contributed by atoms with Crippen LogP contribution in [0.3, 0.4) is 0 Å². The second-order valence-electron chi connectivity index (χ2n) is 6.84. The zero-order valence-electron chi connectivity index (χ0n) is 16.3. The number of imidazole rings is 1. The van der Waals surface area contributed by atoms with Crippen molar-refractivity contribution in [1.82, 2.24) is 9.55 Å². The van der Waals surface area contributed by atoms with E-state index >= 15 is 0 Å². The Hall–Kier alpha value is -3.36. The lowest BCUT2D eigenvalue weighted by molar-refractivity contribution is 0.201. The molecule has 0 aliphatic heterocycles.